The molecule has 2 heterocycles. The van der Waals surface area contributed by atoms with Crippen LogP contribution in [-0.4, -0.2) is 42.7 Å². The number of hydrogen-bond donors (Lipinski definition) is 1. The summed E-state index contributed by atoms with van der Waals surface area (Å²) in [5, 5.41) is 3.37. The van der Waals surface area contributed by atoms with E-state index >= 15 is 0 Å². The maximum Gasteiger partial charge on any atom is 0.213 e. The number of hydrogen-bond acceptors (Lipinski definition) is 4. The molecule has 1 atom stereocenters. The van der Waals surface area contributed by atoms with E-state index in [0.717, 1.165) is 32.0 Å². The van der Waals surface area contributed by atoms with E-state index in [1.54, 1.807) is 0 Å². The van der Waals surface area contributed by atoms with Crippen molar-refractivity contribution in [3.63, 3.8) is 0 Å². The maximum atomic E-state index is 5.82. The van der Waals surface area contributed by atoms with Gasteiger partial charge in [0.15, 0.2) is 0 Å². The Morgan fingerprint density at radius 1 is 1.40 bits per heavy atom. The minimum absolute atomic E-state index is 0.538. The van der Waals surface area contributed by atoms with Gasteiger partial charge in [0.05, 0.1) is 0 Å². The lowest BCUT2D eigenvalue weighted by molar-refractivity contribution is 0.122. The minimum atomic E-state index is 0.538. The van der Waals surface area contributed by atoms with Crippen LogP contribution in [0.3, 0.4) is 0 Å². The topological polar surface area (TPSA) is 37.4 Å². The zero-order chi connectivity index (χ0) is 14.2. The first-order valence-electron chi connectivity index (χ1n) is 7.78. The molecular formula is C16H27N3O. The van der Waals surface area contributed by atoms with Crippen molar-refractivity contribution in [3.05, 3.63) is 23.9 Å². The van der Waals surface area contributed by atoms with Gasteiger partial charge >= 0.3 is 0 Å². The van der Waals surface area contributed by atoms with Gasteiger partial charge in [-0.2, -0.15) is 0 Å². The van der Waals surface area contributed by atoms with E-state index in [1.165, 1.54) is 31.4 Å². The highest BCUT2D eigenvalue weighted by Gasteiger charge is 2.19. The summed E-state index contributed by atoms with van der Waals surface area (Å²) >= 11 is 0. The second-order valence-corrected chi connectivity index (χ2v) is 5.62. The monoisotopic (exact) mass is 277 g/mol. The summed E-state index contributed by atoms with van der Waals surface area (Å²) in [6.45, 7) is 6.03. The molecule has 0 radical (unpaired) electrons. The van der Waals surface area contributed by atoms with E-state index in [2.05, 4.69) is 35.2 Å². The summed E-state index contributed by atoms with van der Waals surface area (Å²) in [4.78, 5) is 6.78. The van der Waals surface area contributed by atoms with Crippen LogP contribution in [0, 0.1) is 0 Å². The Labute approximate surface area is 122 Å². The maximum absolute atomic E-state index is 5.82. The molecule has 1 aromatic heterocycles. The molecule has 20 heavy (non-hydrogen) atoms. The fourth-order valence-electron chi connectivity index (χ4n) is 2.55. The zero-order valence-corrected chi connectivity index (χ0v) is 12.8. The van der Waals surface area contributed by atoms with Crippen LogP contribution in [-0.2, 0) is 6.54 Å². The number of likely N-dealkylation sites (N-methyl/N-ethyl adjacent to an activating group) is 1. The molecule has 0 aromatic carbocycles. The number of pyridine rings is 1. The summed E-state index contributed by atoms with van der Waals surface area (Å²) in [7, 11) is 2.18. The van der Waals surface area contributed by atoms with Crippen LogP contribution >= 0.6 is 0 Å². The Morgan fingerprint density at radius 2 is 2.30 bits per heavy atom. The van der Waals surface area contributed by atoms with E-state index in [9.17, 15) is 0 Å². The van der Waals surface area contributed by atoms with Crippen molar-refractivity contribution in [1.82, 2.24) is 15.2 Å². The third kappa shape index (κ3) is 4.76. The minimum Gasteiger partial charge on any atom is -0.476 e. The molecule has 112 valence electrons. The van der Waals surface area contributed by atoms with Crippen molar-refractivity contribution in [1.29, 1.82) is 0 Å². The predicted molar refractivity (Wildman–Crippen MR) is 82.0 cm³/mol. The molecule has 0 amide bonds. The van der Waals surface area contributed by atoms with E-state index in [1.807, 2.05) is 12.3 Å². The highest BCUT2D eigenvalue weighted by molar-refractivity contribution is 5.17. The van der Waals surface area contributed by atoms with Gasteiger partial charge in [-0.1, -0.05) is 19.4 Å². The predicted octanol–water partition coefficient (Wildman–Crippen LogP) is 2.44. The quantitative estimate of drug-likeness (QED) is 0.777. The lowest BCUT2D eigenvalue weighted by atomic mass is 10.0. The first kappa shape index (κ1) is 15.3. The van der Waals surface area contributed by atoms with Crippen LogP contribution in [0.2, 0.25) is 0 Å². The molecule has 0 saturated carbocycles. The van der Waals surface area contributed by atoms with Gasteiger partial charge in [0, 0.05) is 24.8 Å². The summed E-state index contributed by atoms with van der Waals surface area (Å²) < 4.78 is 5.82. The Hall–Kier alpha value is -1.13. The number of rotatable bonds is 7. The molecule has 1 aliphatic rings. The van der Waals surface area contributed by atoms with E-state index < -0.39 is 0 Å². The molecule has 0 bridgehead atoms. The van der Waals surface area contributed by atoms with Crippen LogP contribution in [0.15, 0.2) is 18.3 Å². The Morgan fingerprint density at radius 3 is 3.00 bits per heavy atom. The molecule has 4 nitrogen and oxygen atoms in total. The molecule has 0 spiro atoms. The molecule has 1 unspecified atom stereocenters. The Kier molecular flexibility index (Phi) is 6.27. The Bertz CT molecular complexity index is 380. The number of nitrogens with zero attached hydrogens (tertiary/aromatic N) is 2. The number of nitrogens with one attached hydrogen (secondary N) is 1. The third-order valence-corrected chi connectivity index (χ3v) is 3.90. The largest absolute Gasteiger partial charge is 0.476 e. The highest BCUT2D eigenvalue weighted by atomic mass is 16.5. The molecule has 4 heteroatoms. The lowest BCUT2D eigenvalue weighted by Crippen LogP contribution is -2.40. The summed E-state index contributed by atoms with van der Waals surface area (Å²) in [5.41, 5.74) is 1.21. The smallest absolute Gasteiger partial charge is 0.213 e. The third-order valence-electron chi connectivity index (χ3n) is 3.90. The standard InChI is InChI=1S/C16H27N3O/c1-3-9-17-11-14-7-8-16(18-12-14)20-13-15-6-4-5-10-19(15)2/h7-8,12,15,17H,3-6,9-11,13H2,1-2H3. The van der Waals surface area contributed by atoms with Crippen molar-refractivity contribution < 1.29 is 4.74 Å². The number of piperidine rings is 1. The van der Waals surface area contributed by atoms with Crippen molar-refractivity contribution in [2.45, 2.75) is 45.2 Å². The van der Waals surface area contributed by atoms with Gasteiger partial charge in [-0.3, -0.25) is 0 Å². The fourth-order valence-corrected chi connectivity index (χ4v) is 2.55. The molecule has 1 N–H and O–H groups in total. The van der Waals surface area contributed by atoms with Crippen molar-refractivity contribution in [2.24, 2.45) is 0 Å². The fraction of sp³-hybridized carbons (Fsp3) is 0.688. The van der Waals surface area contributed by atoms with Gasteiger partial charge in [0.2, 0.25) is 5.88 Å². The summed E-state index contributed by atoms with van der Waals surface area (Å²) in [6.07, 6.45) is 6.92. The van der Waals surface area contributed by atoms with Gasteiger partial charge in [-0.05, 0) is 45.0 Å². The molecule has 1 fully saturated rings. The van der Waals surface area contributed by atoms with Gasteiger partial charge < -0.3 is 15.0 Å². The second-order valence-electron chi connectivity index (χ2n) is 5.62. The lowest BCUT2D eigenvalue weighted by Gasteiger charge is -2.31. The average molecular weight is 277 g/mol. The summed E-state index contributed by atoms with van der Waals surface area (Å²) in [6, 6.07) is 4.61. The van der Waals surface area contributed by atoms with Crippen molar-refractivity contribution in [2.75, 3.05) is 26.7 Å². The Balaban J connectivity index is 1.75. The van der Waals surface area contributed by atoms with Crippen LogP contribution in [0.5, 0.6) is 5.88 Å². The number of likely N-dealkylation sites (tertiary alicyclic amines) is 1. The van der Waals surface area contributed by atoms with Crippen LogP contribution in [0.1, 0.15) is 38.2 Å². The second kappa shape index (κ2) is 8.22. The van der Waals surface area contributed by atoms with Gasteiger partial charge in [0.1, 0.15) is 6.61 Å². The average Bonchev–Trinajstić information content (AvgIpc) is 2.48. The number of aromatic nitrogens is 1. The summed E-state index contributed by atoms with van der Waals surface area (Å²) in [5.74, 6) is 0.739. The molecule has 0 aliphatic carbocycles. The highest BCUT2D eigenvalue weighted by Crippen LogP contribution is 2.16. The van der Waals surface area contributed by atoms with Gasteiger partial charge in [0.25, 0.3) is 0 Å². The van der Waals surface area contributed by atoms with Gasteiger partial charge in [-0.25, -0.2) is 4.98 Å². The van der Waals surface area contributed by atoms with Gasteiger partial charge in [-0.15, -0.1) is 0 Å². The zero-order valence-electron chi connectivity index (χ0n) is 12.8. The SMILES string of the molecule is CCCNCc1ccc(OCC2CCCCN2C)nc1. The first-order valence-corrected chi connectivity index (χ1v) is 7.78. The van der Waals surface area contributed by atoms with E-state index in [-0.39, 0.29) is 0 Å². The molecule has 1 aliphatic heterocycles. The van der Waals surface area contributed by atoms with E-state index in [0.29, 0.717) is 6.04 Å². The van der Waals surface area contributed by atoms with E-state index in [4.69, 9.17) is 4.74 Å². The normalized spacial score (nSPS) is 20.0. The van der Waals surface area contributed by atoms with Crippen LogP contribution in [0.4, 0.5) is 0 Å². The molecular weight excluding hydrogens is 250 g/mol. The first-order chi connectivity index (χ1) is 9.79. The van der Waals surface area contributed by atoms with Crippen LogP contribution < -0.4 is 10.1 Å². The van der Waals surface area contributed by atoms with Crippen molar-refractivity contribution in [3.8, 4) is 5.88 Å². The van der Waals surface area contributed by atoms with Crippen LogP contribution in [0.25, 0.3) is 0 Å². The molecule has 1 aromatic rings. The molecule has 2 rings (SSSR count). The number of ether oxygens (including phenoxy) is 1. The van der Waals surface area contributed by atoms with Crippen molar-refractivity contribution >= 4 is 0 Å². The molecule has 1 saturated heterocycles.